The van der Waals surface area contributed by atoms with E-state index in [2.05, 4.69) is 10.2 Å². The van der Waals surface area contributed by atoms with Crippen LogP contribution in [0.4, 0.5) is 16.2 Å². The lowest BCUT2D eigenvalue weighted by Gasteiger charge is -2.23. The summed E-state index contributed by atoms with van der Waals surface area (Å²) in [4.78, 5) is 14.0. The number of nitrogens with two attached hydrogens (primary N) is 1. The molecule has 5 nitrogen and oxygen atoms in total. The van der Waals surface area contributed by atoms with Gasteiger partial charge in [0.05, 0.1) is 10.7 Å². The van der Waals surface area contributed by atoms with Gasteiger partial charge in [0.25, 0.3) is 0 Å². The van der Waals surface area contributed by atoms with Gasteiger partial charge in [-0.1, -0.05) is 11.6 Å². The van der Waals surface area contributed by atoms with Gasteiger partial charge in [-0.3, -0.25) is 0 Å². The molecule has 0 saturated carbocycles. The van der Waals surface area contributed by atoms with Crippen molar-refractivity contribution in [1.29, 1.82) is 0 Å². The number of amides is 1. The van der Waals surface area contributed by atoms with Crippen molar-refractivity contribution in [3.8, 4) is 0 Å². The van der Waals surface area contributed by atoms with E-state index in [0.29, 0.717) is 23.2 Å². The summed E-state index contributed by atoms with van der Waals surface area (Å²) in [5, 5.41) is 3.44. The van der Waals surface area contributed by atoms with Crippen molar-refractivity contribution in [3.05, 3.63) is 22.7 Å². The van der Waals surface area contributed by atoms with E-state index in [1.54, 1.807) is 0 Å². The van der Waals surface area contributed by atoms with Crippen LogP contribution in [-0.4, -0.2) is 31.3 Å². The highest BCUT2D eigenvalue weighted by Crippen LogP contribution is 2.32. The molecule has 128 valence electrons. The number of anilines is 2. The lowest BCUT2D eigenvalue weighted by molar-refractivity contribution is 0.0520. The van der Waals surface area contributed by atoms with Gasteiger partial charge in [-0.2, -0.15) is 0 Å². The standard InChI is InChI=1S/C17H26ClN3O2/c1-11-7-14(19)13(18)8-15(11)21-6-5-12(10-21)9-20-16(22)23-17(2,3)4/h7-8,12H,5-6,9-10,19H2,1-4H3,(H,20,22). The predicted molar refractivity (Wildman–Crippen MR) is 95.2 cm³/mol. The Morgan fingerprint density at radius 3 is 2.83 bits per heavy atom. The van der Waals surface area contributed by atoms with E-state index in [1.807, 2.05) is 39.8 Å². The molecular formula is C17H26ClN3O2. The van der Waals surface area contributed by atoms with Crippen LogP contribution in [0.25, 0.3) is 0 Å². The van der Waals surface area contributed by atoms with E-state index >= 15 is 0 Å². The molecule has 1 aliphatic rings. The topological polar surface area (TPSA) is 67.6 Å². The summed E-state index contributed by atoms with van der Waals surface area (Å²) in [6.07, 6.45) is 0.666. The molecule has 6 heteroatoms. The van der Waals surface area contributed by atoms with Crippen molar-refractivity contribution in [2.45, 2.75) is 39.7 Å². The molecule has 0 aliphatic carbocycles. The molecule has 1 fully saturated rings. The normalized spacial score (nSPS) is 18.1. The van der Waals surface area contributed by atoms with Crippen LogP contribution in [0.15, 0.2) is 12.1 Å². The molecular weight excluding hydrogens is 314 g/mol. The number of alkyl carbamates (subject to hydrolysis) is 1. The highest BCUT2D eigenvalue weighted by atomic mass is 35.5. The maximum atomic E-state index is 11.7. The third-order valence-corrected chi connectivity index (χ3v) is 4.20. The number of nitrogens with one attached hydrogen (secondary N) is 1. The number of benzene rings is 1. The molecule has 0 radical (unpaired) electrons. The van der Waals surface area contributed by atoms with Gasteiger partial charge < -0.3 is 20.7 Å². The van der Waals surface area contributed by atoms with E-state index in [-0.39, 0.29) is 6.09 Å². The van der Waals surface area contributed by atoms with Crippen molar-refractivity contribution in [1.82, 2.24) is 5.32 Å². The molecule has 1 amide bonds. The number of aryl methyl sites for hydroxylation is 1. The Balaban J connectivity index is 1.89. The molecule has 1 atom stereocenters. The van der Waals surface area contributed by atoms with Gasteiger partial charge in [0.2, 0.25) is 0 Å². The Morgan fingerprint density at radius 1 is 1.48 bits per heavy atom. The average Bonchev–Trinajstić information content (AvgIpc) is 2.87. The average molecular weight is 340 g/mol. The number of hydrogen-bond acceptors (Lipinski definition) is 4. The van der Waals surface area contributed by atoms with Gasteiger partial charge in [-0.05, 0) is 57.7 Å². The molecule has 23 heavy (non-hydrogen) atoms. The second-order valence-electron chi connectivity index (χ2n) is 7.14. The fraction of sp³-hybridized carbons (Fsp3) is 0.588. The summed E-state index contributed by atoms with van der Waals surface area (Å²) in [7, 11) is 0. The van der Waals surface area contributed by atoms with Gasteiger partial charge in [0, 0.05) is 25.3 Å². The van der Waals surface area contributed by atoms with Gasteiger partial charge in [-0.15, -0.1) is 0 Å². The van der Waals surface area contributed by atoms with E-state index in [1.165, 1.54) is 0 Å². The predicted octanol–water partition coefficient (Wildman–Crippen LogP) is 3.58. The zero-order chi connectivity index (χ0) is 17.2. The van der Waals surface area contributed by atoms with Crippen LogP contribution in [0.5, 0.6) is 0 Å². The molecule has 1 aliphatic heterocycles. The largest absolute Gasteiger partial charge is 0.444 e. The minimum atomic E-state index is -0.469. The van der Waals surface area contributed by atoms with Gasteiger partial charge in [0.15, 0.2) is 0 Å². The fourth-order valence-corrected chi connectivity index (χ4v) is 2.95. The quantitative estimate of drug-likeness (QED) is 0.826. The van der Waals surface area contributed by atoms with Crippen LogP contribution in [-0.2, 0) is 4.74 Å². The zero-order valence-electron chi connectivity index (χ0n) is 14.3. The van der Waals surface area contributed by atoms with Crippen molar-refractivity contribution in [3.63, 3.8) is 0 Å². The second kappa shape index (κ2) is 6.87. The Bertz CT molecular complexity index is 584. The number of hydrogen-bond donors (Lipinski definition) is 2. The summed E-state index contributed by atoms with van der Waals surface area (Å²) in [6, 6.07) is 3.83. The first-order valence-corrected chi connectivity index (χ1v) is 8.31. The van der Waals surface area contributed by atoms with Gasteiger partial charge in [0.1, 0.15) is 5.60 Å². The zero-order valence-corrected chi connectivity index (χ0v) is 15.0. The lowest BCUT2D eigenvalue weighted by Crippen LogP contribution is -2.36. The molecule has 1 saturated heterocycles. The van der Waals surface area contributed by atoms with Crippen LogP contribution in [0.2, 0.25) is 5.02 Å². The summed E-state index contributed by atoms with van der Waals surface area (Å²) in [5.41, 5.74) is 8.21. The Kier molecular flexibility index (Phi) is 5.30. The van der Waals surface area contributed by atoms with Crippen molar-refractivity contribution in [2.24, 2.45) is 5.92 Å². The molecule has 0 bridgehead atoms. The molecule has 1 aromatic rings. The van der Waals surface area contributed by atoms with Crippen LogP contribution in [0.3, 0.4) is 0 Å². The van der Waals surface area contributed by atoms with Crippen molar-refractivity contribution < 1.29 is 9.53 Å². The first-order valence-electron chi connectivity index (χ1n) is 7.93. The van der Waals surface area contributed by atoms with Crippen LogP contribution >= 0.6 is 11.6 Å². The highest BCUT2D eigenvalue weighted by molar-refractivity contribution is 6.33. The first kappa shape index (κ1) is 17.7. The van der Waals surface area contributed by atoms with Crippen LogP contribution in [0.1, 0.15) is 32.8 Å². The summed E-state index contributed by atoms with van der Waals surface area (Å²) in [5.74, 6) is 0.401. The van der Waals surface area contributed by atoms with Crippen LogP contribution in [0, 0.1) is 12.8 Å². The van der Waals surface area contributed by atoms with E-state index in [9.17, 15) is 4.79 Å². The number of ether oxygens (including phenoxy) is 1. The molecule has 2 rings (SSSR count). The maximum absolute atomic E-state index is 11.7. The third-order valence-electron chi connectivity index (χ3n) is 3.88. The smallest absolute Gasteiger partial charge is 0.407 e. The molecule has 1 unspecified atom stereocenters. The molecule has 1 aromatic carbocycles. The van der Waals surface area contributed by atoms with Crippen molar-refractivity contribution >= 4 is 29.1 Å². The first-order chi connectivity index (χ1) is 10.7. The number of nitrogens with zero attached hydrogens (tertiary/aromatic N) is 1. The van der Waals surface area contributed by atoms with E-state index < -0.39 is 5.60 Å². The maximum Gasteiger partial charge on any atom is 0.407 e. The number of carbonyl (C=O) groups is 1. The van der Waals surface area contributed by atoms with E-state index in [0.717, 1.165) is 30.8 Å². The molecule has 1 heterocycles. The van der Waals surface area contributed by atoms with Gasteiger partial charge >= 0.3 is 6.09 Å². The molecule has 0 aromatic heterocycles. The minimum Gasteiger partial charge on any atom is -0.444 e. The summed E-state index contributed by atoms with van der Waals surface area (Å²) in [6.45, 7) is 10.1. The summed E-state index contributed by atoms with van der Waals surface area (Å²) < 4.78 is 5.26. The second-order valence-corrected chi connectivity index (χ2v) is 7.55. The Morgan fingerprint density at radius 2 is 2.17 bits per heavy atom. The number of halogens is 1. The van der Waals surface area contributed by atoms with E-state index in [4.69, 9.17) is 22.1 Å². The summed E-state index contributed by atoms with van der Waals surface area (Å²) >= 11 is 6.14. The number of rotatable bonds is 3. The minimum absolute atomic E-state index is 0.359. The molecule has 0 spiro atoms. The number of nitrogen functional groups attached to an aromatic ring is 1. The molecule has 3 N–H and O–H groups in total. The van der Waals surface area contributed by atoms with Crippen LogP contribution < -0.4 is 16.0 Å². The number of carbonyl (C=O) groups excluding carboxylic acids is 1. The van der Waals surface area contributed by atoms with Crippen molar-refractivity contribution in [2.75, 3.05) is 30.3 Å². The third kappa shape index (κ3) is 4.93. The SMILES string of the molecule is Cc1cc(N)c(Cl)cc1N1CCC(CNC(=O)OC(C)(C)C)C1. The monoisotopic (exact) mass is 339 g/mol. The Labute approximate surface area is 143 Å². The lowest BCUT2D eigenvalue weighted by atomic mass is 10.1. The Hall–Kier alpha value is -1.62. The highest BCUT2D eigenvalue weighted by Gasteiger charge is 2.25. The fourth-order valence-electron chi connectivity index (χ4n) is 2.79. The van der Waals surface area contributed by atoms with Gasteiger partial charge in [-0.25, -0.2) is 4.79 Å².